The third kappa shape index (κ3) is 7.44. The second kappa shape index (κ2) is 10.7. The van der Waals surface area contributed by atoms with Gasteiger partial charge >= 0.3 is 0 Å². The van der Waals surface area contributed by atoms with Crippen LogP contribution in [0.25, 0.3) is 0 Å². The average molecular weight is 555 g/mol. The number of fused-ring (bicyclic) bond motifs is 1. The van der Waals surface area contributed by atoms with Gasteiger partial charge in [0.05, 0.1) is 38.0 Å². The summed E-state index contributed by atoms with van der Waals surface area (Å²) in [5.74, 6) is -1.64. The number of azo groups is 1. The fourth-order valence-corrected chi connectivity index (χ4v) is 5.77. The van der Waals surface area contributed by atoms with Gasteiger partial charge in [0, 0.05) is 53.4 Å². The topological polar surface area (TPSA) is 195 Å². The van der Waals surface area contributed by atoms with E-state index >= 15 is 0 Å². The maximum Gasteiger partial charge on any atom is 0.269 e. The minimum Gasteiger partial charge on any atom is -0.748 e. The normalized spacial score (nSPS) is 17.5. The van der Waals surface area contributed by atoms with Gasteiger partial charge in [0.2, 0.25) is 0 Å². The molecule has 0 saturated carbocycles. The Bertz CT molecular complexity index is 1410. The van der Waals surface area contributed by atoms with Crippen molar-refractivity contribution in [3.63, 3.8) is 0 Å². The van der Waals surface area contributed by atoms with Gasteiger partial charge in [-0.25, -0.2) is 16.8 Å². The molecular formula is C22H26N4O9S2-2. The summed E-state index contributed by atoms with van der Waals surface area (Å²) in [7, 11) is -7.62. The lowest BCUT2D eigenvalue weighted by Crippen LogP contribution is -2.50. The first-order valence-corrected chi connectivity index (χ1v) is 14.3. The van der Waals surface area contributed by atoms with Crippen molar-refractivity contribution in [1.82, 2.24) is 0 Å². The van der Waals surface area contributed by atoms with Gasteiger partial charge in [-0.1, -0.05) is 0 Å². The van der Waals surface area contributed by atoms with E-state index in [4.69, 9.17) is 4.74 Å². The Kier molecular flexibility index (Phi) is 8.21. The predicted octanol–water partition coefficient (Wildman–Crippen LogP) is 3.57. The van der Waals surface area contributed by atoms with Gasteiger partial charge in [-0.15, -0.1) is 5.11 Å². The molecule has 37 heavy (non-hydrogen) atoms. The molecule has 1 aliphatic heterocycles. The Labute approximate surface area is 214 Å². The molecule has 0 aliphatic carbocycles. The lowest BCUT2D eigenvalue weighted by molar-refractivity contribution is -0.384. The zero-order chi connectivity index (χ0) is 27.6. The van der Waals surface area contributed by atoms with Gasteiger partial charge in [0.15, 0.2) is 0 Å². The molecule has 1 aliphatic rings. The minimum atomic E-state index is -4.59. The number of nitrogens with zero attached hydrogens (tertiary/aromatic N) is 4. The monoisotopic (exact) mass is 554 g/mol. The van der Waals surface area contributed by atoms with Crippen molar-refractivity contribution in [2.45, 2.75) is 38.1 Å². The predicted molar refractivity (Wildman–Crippen MR) is 133 cm³/mol. The van der Waals surface area contributed by atoms with Crippen LogP contribution in [-0.4, -0.2) is 61.6 Å². The number of hydrogen-bond donors (Lipinski definition) is 0. The summed E-state index contributed by atoms with van der Waals surface area (Å²) >= 11 is 0. The highest BCUT2D eigenvalue weighted by Crippen LogP contribution is 2.48. The highest BCUT2D eigenvalue weighted by atomic mass is 32.2. The Balaban J connectivity index is 2.06. The summed E-state index contributed by atoms with van der Waals surface area (Å²) in [4.78, 5) is 12.2. The van der Waals surface area contributed by atoms with Crippen molar-refractivity contribution in [2.75, 3.05) is 30.1 Å². The summed E-state index contributed by atoms with van der Waals surface area (Å²) in [5.41, 5.74) is 0.781. The smallest absolute Gasteiger partial charge is 0.269 e. The number of nitro groups is 1. The number of rotatable bonds is 10. The third-order valence-corrected chi connectivity index (χ3v) is 7.65. The maximum atomic E-state index is 11.7. The first-order chi connectivity index (χ1) is 17.1. The highest BCUT2D eigenvalue weighted by Gasteiger charge is 2.39. The molecule has 0 amide bonds. The number of anilines is 1. The third-order valence-electron chi connectivity index (χ3n) is 6.05. The summed E-state index contributed by atoms with van der Waals surface area (Å²) in [5, 5.41) is 19.1. The van der Waals surface area contributed by atoms with Crippen molar-refractivity contribution >= 4 is 43.0 Å². The van der Waals surface area contributed by atoms with E-state index in [1.807, 2.05) is 18.7 Å². The van der Waals surface area contributed by atoms with Crippen LogP contribution >= 0.6 is 0 Å². The molecule has 3 rings (SSSR count). The lowest BCUT2D eigenvalue weighted by atomic mass is 9.79. The number of ether oxygens (including phenoxy) is 1. The molecule has 2 aromatic carbocycles. The molecule has 0 bridgehead atoms. The lowest BCUT2D eigenvalue weighted by Gasteiger charge is -2.48. The van der Waals surface area contributed by atoms with E-state index in [9.17, 15) is 36.1 Å². The van der Waals surface area contributed by atoms with Crippen molar-refractivity contribution in [3.8, 4) is 5.75 Å². The second-order valence-electron chi connectivity index (χ2n) is 9.26. The van der Waals surface area contributed by atoms with Crippen LogP contribution in [0.3, 0.4) is 0 Å². The SMILES string of the molecule is COc1cc2c(cc1N=Nc1ccc([N+](=O)[O-])cc1)C(CS(=O)(=O)[O-])CC(C)(C)N2CCCS(=O)(=O)[O-]. The van der Waals surface area contributed by atoms with Crippen LogP contribution in [0.1, 0.15) is 38.2 Å². The van der Waals surface area contributed by atoms with Gasteiger partial charge in [-0.2, -0.15) is 5.11 Å². The van der Waals surface area contributed by atoms with Crippen LogP contribution in [0, 0.1) is 10.1 Å². The summed E-state index contributed by atoms with van der Waals surface area (Å²) in [6.07, 6.45) is 0.306. The van der Waals surface area contributed by atoms with Crippen LogP contribution in [0.2, 0.25) is 0 Å². The fraction of sp³-hybridized carbons (Fsp3) is 0.455. The zero-order valence-corrected chi connectivity index (χ0v) is 22.0. The number of hydrogen-bond acceptors (Lipinski definition) is 12. The first-order valence-electron chi connectivity index (χ1n) is 11.1. The number of benzene rings is 2. The summed E-state index contributed by atoms with van der Waals surface area (Å²) < 4.78 is 73.9. The molecule has 2 aromatic rings. The molecule has 13 nitrogen and oxygen atoms in total. The molecule has 0 aromatic heterocycles. The van der Waals surface area contributed by atoms with Crippen molar-refractivity contribution in [3.05, 3.63) is 52.1 Å². The number of methoxy groups -OCH3 is 1. The summed E-state index contributed by atoms with van der Waals surface area (Å²) in [6, 6.07) is 8.54. The van der Waals surface area contributed by atoms with Crippen LogP contribution in [0.4, 0.5) is 22.7 Å². The molecule has 0 spiro atoms. The van der Waals surface area contributed by atoms with E-state index in [0.717, 1.165) is 0 Å². The molecule has 1 atom stereocenters. The molecule has 202 valence electrons. The Morgan fingerprint density at radius 3 is 2.27 bits per heavy atom. The van der Waals surface area contributed by atoms with Gasteiger partial charge in [-0.05, 0) is 50.5 Å². The first kappa shape index (κ1) is 28.4. The second-order valence-corrected chi connectivity index (χ2v) is 12.2. The van der Waals surface area contributed by atoms with E-state index in [1.165, 1.54) is 31.4 Å². The molecular weight excluding hydrogens is 528 g/mol. The minimum absolute atomic E-state index is 0.0448. The van der Waals surface area contributed by atoms with E-state index in [1.54, 1.807) is 12.1 Å². The van der Waals surface area contributed by atoms with Gasteiger partial charge in [0.25, 0.3) is 5.69 Å². The number of non-ortho nitro benzene ring substituents is 1. The van der Waals surface area contributed by atoms with Crippen LogP contribution in [-0.2, 0) is 20.2 Å². The van der Waals surface area contributed by atoms with Crippen molar-refractivity contribution < 1.29 is 35.6 Å². The fourth-order valence-electron chi connectivity index (χ4n) is 4.50. The highest BCUT2D eigenvalue weighted by molar-refractivity contribution is 7.85. The molecule has 0 N–H and O–H groups in total. The van der Waals surface area contributed by atoms with Crippen LogP contribution in [0.5, 0.6) is 5.75 Å². The summed E-state index contributed by atoms with van der Waals surface area (Å²) in [6.45, 7) is 3.85. The van der Waals surface area contributed by atoms with Crippen LogP contribution < -0.4 is 9.64 Å². The van der Waals surface area contributed by atoms with Crippen molar-refractivity contribution in [2.24, 2.45) is 10.2 Å². The maximum absolute atomic E-state index is 11.7. The molecule has 1 unspecified atom stereocenters. The van der Waals surface area contributed by atoms with Gasteiger partial charge < -0.3 is 18.7 Å². The number of nitro benzene ring substituents is 1. The standard InChI is InChI=1S/C22H28N4O9S2/c1-22(2)13-15(14-37(32,33)34)18-11-19(24-23-16-5-7-17(8-6-16)26(27)28)21(35-3)12-20(18)25(22)9-4-10-36(29,30)31/h5-8,11-12,15H,4,9-10,13-14H2,1-3H3,(H,29,30,31)(H,32,33,34)/p-2. The van der Waals surface area contributed by atoms with E-state index in [-0.39, 0.29) is 36.5 Å². The Morgan fingerprint density at radius 1 is 1.08 bits per heavy atom. The quantitative estimate of drug-likeness (QED) is 0.181. The van der Waals surface area contributed by atoms with E-state index in [0.29, 0.717) is 16.9 Å². The van der Waals surface area contributed by atoms with E-state index in [2.05, 4.69) is 10.2 Å². The zero-order valence-electron chi connectivity index (χ0n) is 20.4. The van der Waals surface area contributed by atoms with Gasteiger partial charge in [-0.3, -0.25) is 10.1 Å². The van der Waals surface area contributed by atoms with Crippen molar-refractivity contribution in [1.29, 1.82) is 0 Å². The Hall–Kier alpha value is -3.14. The molecule has 15 heteroatoms. The molecule has 0 fully saturated rings. The van der Waals surface area contributed by atoms with E-state index < -0.39 is 48.1 Å². The molecule has 0 saturated heterocycles. The van der Waals surface area contributed by atoms with Crippen LogP contribution in [0.15, 0.2) is 46.6 Å². The average Bonchev–Trinajstić information content (AvgIpc) is 2.77. The van der Waals surface area contributed by atoms with Gasteiger partial charge in [0.1, 0.15) is 11.4 Å². The molecule has 1 heterocycles. The largest absolute Gasteiger partial charge is 0.748 e. The molecule has 0 radical (unpaired) electrons. The Morgan fingerprint density at radius 2 is 1.73 bits per heavy atom.